The highest BCUT2D eigenvalue weighted by Crippen LogP contribution is 2.15. The molecule has 1 aromatic rings. The van der Waals surface area contributed by atoms with Crippen LogP contribution in [0, 0.1) is 0 Å². The van der Waals surface area contributed by atoms with Crippen molar-refractivity contribution < 1.29 is 47.8 Å². The van der Waals surface area contributed by atoms with Gasteiger partial charge >= 0.3 is 5.97 Å². The lowest BCUT2D eigenvalue weighted by molar-refractivity contribution is -0.138. The van der Waals surface area contributed by atoms with Gasteiger partial charge in [-0.1, -0.05) is 15.9 Å². The van der Waals surface area contributed by atoms with Crippen LogP contribution in [-0.4, -0.2) is 110 Å². The Morgan fingerprint density at radius 2 is 0.943 bits per heavy atom. The number of hydrogen-bond acceptors (Lipinski definition) is 9. The molecule has 0 bridgehead atoms. The molecule has 0 aliphatic carbocycles. The molecule has 0 radical (unpaired) electrons. The minimum atomic E-state index is -0.866. The number of benzene rings is 1. The number of ether oxygens (including phenoxy) is 8. The number of rotatable bonds is 26. The van der Waals surface area contributed by atoms with Gasteiger partial charge in [0.05, 0.1) is 85.7 Å². The lowest BCUT2D eigenvalue weighted by atomic mass is 10.3. The first-order chi connectivity index (χ1) is 17.2. The average Bonchev–Trinajstić information content (AvgIpc) is 2.85. The Balaban J connectivity index is 1.66. The molecule has 10 nitrogen and oxygen atoms in total. The van der Waals surface area contributed by atoms with E-state index in [1.165, 1.54) is 0 Å². The maximum absolute atomic E-state index is 10.3. The Labute approximate surface area is 216 Å². The van der Waals surface area contributed by atoms with E-state index >= 15 is 0 Å². The first-order valence-corrected chi connectivity index (χ1v) is 12.6. The molecule has 0 amide bonds. The number of halogens is 1. The van der Waals surface area contributed by atoms with Crippen molar-refractivity contribution in [3.05, 3.63) is 28.7 Å². The third-order valence-corrected chi connectivity index (χ3v) is 4.74. The fourth-order valence-electron chi connectivity index (χ4n) is 2.48. The Morgan fingerprint density at radius 1 is 0.571 bits per heavy atom. The quantitative estimate of drug-likeness (QED) is 0.168. The standard InChI is InChI=1S/C24H39BrO10/c25-22-2-4-23(5-3-22)35-21-20-34-19-18-33-17-16-32-14-11-29-8-1-7-28-10-13-31-15-12-30-9-6-24(26)27/h2-5H,1,6-21H2,(H,26,27). The molecule has 0 aromatic heterocycles. The van der Waals surface area contributed by atoms with Crippen molar-refractivity contribution in [2.75, 3.05) is 99.1 Å². The number of carboxylic acid groups (broad SMARTS) is 1. The molecule has 1 N–H and O–H groups in total. The highest BCUT2D eigenvalue weighted by molar-refractivity contribution is 9.10. The Morgan fingerprint density at radius 3 is 1.37 bits per heavy atom. The molecule has 202 valence electrons. The van der Waals surface area contributed by atoms with Gasteiger partial charge in [-0.15, -0.1) is 0 Å². The van der Waals surface area contributed by atoms with E-state index in [1.807, 2.05) is 24.3 Å². The summed E-state index contributed by atoms with van der Waals surface area (Å²) in [4.78, 5) is 10.3. The third kappa shape index (κ3) is 22.9. The van der Waals surface area contributed by atoms with E-state index in [0.29, 0.717) is 92.5 Å². The van der Waals surface area contributed by atoms with Crippen molar-refractivity contribution in [1.29, 1.82) is 0 Å². The van der Waals surface area contributed by atoms with E-state index in [2.05, 4.69) is 15.9 Å². The molecular weight excluding hydrogens is 528 g/mol. The van der Waals surface area contributed by atoms with Crippen molar-refractivity contribution in [2.24, 2.45) is 0 Å². The van der Waals surface area contributed by atoms with Crippen LogP contribution in [0.25, 0.3) is 0 Å². The molecule has 0 aliphatic heterocycles. The van der Waals surface area contributed by atoms with Crippen LogP contribution >= 0.6 is 15.9 Å². The van der Waals surface area contributed by atoms with Crippen LogP contribution in [0.5, 0.6) is 5.75 Å². The molecule has 0 saturated heterocycles. The lowest BCUT2D eigenvalue weighted by Gasteiger charge is -2.09. The minimum Gasteiger partial charge on any atom is -0.491 e. The van der Waals surface area contributed by atoms with E-state index in [-0.39, 0.29) is 13.0 Å². The highest BCUT2D eigenvalue weighted by atomic mass is 79.9. The zero-order chi connectivity index (χ0) is 25.2. The molecule has 0 heterocycles. The number of carbonyl (C=O) groups is 1. The fraction of sp³-hybridized carbons (Fsp3) is 0.708. The zero-order valence-corrected chi connectivity index (χ0v) is 21.9. The van der Waals surface area contributed by atoms with Crippen molar-refractivity contribution in [3.63, 3.8) is 0 Å². The Kier molecular flexibility index (Phi) is 22.1. The molecule has 11 heteroatoms. The maximum Gasteiger partial charge on any atom is 0.305 e. The van der Waals surface area contributed by atoms with E-state index in [9.17, 15) is 4.79 Å². The summed E-state index contributed by atoms with van der Waals surface area (Å²) < 4.78 is 44.3. The molecule has 35 heavy (non-hydrogen) atoms. The monoisotopic (exact) mass is 566 g/mol. The Bertz CT molecular complexity index is 602. The lowest BCUT2D eigenvalue weighted by Crippen LogP contribution is -2.14. The van der Waals surface area contributed by atoms with E-state index in [1.54, 1.807) is 0 Å². The molecule has 1 rings (SSSR count). The third-order valence-electron chi connectivity index (χ3n) is 4.21. The molecule has 0 spiro atoms. The van der Waals surface area contributed by atoms with Gasteiger partial charge in [0.15, 0.2) is 0 Å². The van der Waals surface area contributed by atoms with Crippen molar-refractivity contribution in [2.45, 2.75) is 12.8 Å². The van der Waals surface area contributed by atoms with Gasteiger partial charge in [0.1, 0.15) is 12.4 Å². The maximum atomic E-state index is 10.3. The van der Waals surface area contributed by atoms with Gasteiger partial charge in [-0.3, -0.25) is 4.79 Å². The first-order valence-electron chi connectivity index (χ1n) is 11.8. The first kappa shape index (κ1) is 31.7. The molecular formula is C24H39BrO10. The predicted molar refractivity (Wildman–Crippen MR) is 132 cm³/mol. The second kappa shape index (κ2) is 24.4. The largest absolute Gasteiger partial charge is 0.491 e. The molecule has 0 saturated carbocycles. The second-order valence-electron chi connectivity index (χ2n) is 7.09. The molecule has 0 aliphatic rings. The summed E-state index contributed by atoms with van der Waals surface area (Å²) in [6.07, 6.45) is 0.809. The summed E-state index contributed by atoms with van der Waals surface area (Å²) >= 11 is 3.38. The number of carboxylic acids is 1. The van der Waals surface area contributed by atoms with Gasteiger partial charge in [-0.2, -0.15) is 0 Å². The summed E-state index contributed by atoms with van der Waals surface area (Å²) in [5.41, 5.74) is 0. The SMILES string of the molecule is O=C(O)CCOCCOCCOCCCOCCOCCOCCOCCOc1ccc(Br)cc1. The second-order valence-corrected chi connectivity index (χ2v) is 8.00. The van der Waals surface area contributed by atoms with Crippen LogP contribution in [0.3, 0.4) is 0 Å². The summed E-state index contributed by atoms with van der Waals surface area (Å²) in [6, 6.07) is 7.68. The van der Waals surface area contributed by atoms with Crippen molar-refractivity contribution in [3.8, 4) is 5.75 Å². The van der Waals surface area contributed by atoms with Crippen LogP contribution in [-0.2, 0) is 38.0 Å². The summed E-state index contributed by atoms with van der Waals surface area (Å²) in [7, 11) is 0. The summed E-state index contributed by atoms with van der Waals surface area (Å²) in [6.45, 7) is 7.35. The van der Waals surface area contributed by atoms with Crippen LogP contribution in [0.15, 0.2) is 28.7 Å². The summed E-state index contributed by atoms with van der Waals surface area (Å²) in [5.74, 6) is -0.0470. The van der Waals surface area contributed by atoms with E-state index in [0.717, 1.165) is 16.6 Å². The van der Waals surface area contributed by atoms with Gasteiger partial charge in [-0.05, 0) is 30.7 Å². The van der Waals surface area contributed by atoms with Crippen molar-refractivity contribution >= 4 is 21.9 Å². The molecule has 0 atom stereocenters. The van der Waals surface area contributed by atoms with Crippen LogP contribution in [0.4, 0.5) is 0 Å². The van der Waals surface area contributed by atoms with Gasteiger partial charge in [0.2, 0.25) is 0 Å². The van der Waals surface area contributed by atoms with Crippen LogP contribution < -0.4 is 4.74 Å². The molecule has 1 aromatic carbocycles. The van der Waals surface area contributed by atoms with Crippen LogP contribution in [0.1, 0.15) is 12.8 Å². The Hall–Kier alpha value is -1.31. The predicted octanol–water partition coefficient (Wildman–Crippen LogP) is 2.81. The smallest absolute Gasteiger partial charge is 0.305 e. The van der Waals surface area contributed by atoms with Crippen LogP contribution in [0.2, 0.25) is 0 Å². The number of aliphatic carboxylic acids is 1. The van der Waals surface area contributed by atoms with E-state index in [4.69, 9.17) is 43.0 Å². The van der Waals surface area contributed by atoms with Gasteiger partial charge in [-0.25, -0.2) is 0 Å². The van der Waals surface area contributed by atoms with Gasteiger partial charge < -0.3 is 43.0 Å². The zero-order valence-electron chi connectivity index (χ0n) is 20.3. The van der Waals surface area contributed by atoms with Gasteiger partial charge in [0.25, 0.3) is 0 Å². The normalized spacial score (nSPS) is 11.1. The molecule has 0 fully saturated rings. The number of hydrogen-bond donors (Lipinski definition) is 1. The minimum absolute atomic E-state index is 0.00775. The average molecular weight is 567 g/mol. The topological polar surface area (TPSA) is 111 Å². The van der Waals surface area contributed by atoms with Gasteiger partial charge in [0, 0.05) is 17.7 Å². The van der Waals surface area contributed by atoms with E-state index < -0.39 is 5.97 Å². The van der Waals surface area contributed by atoms with Crippen molar-refractivity contribution in [1.82, 2.24) is 0 Å². The molecule has 0 unspecified atom stereocenters. The summed E-state index contributed by atoms with van der Waals surface area (Å²) in [5, 5.41) is 8.46. The fourth-order valence-corrected chi connectivity index (χ4v) is 2.74. The highest BCUT2D eigenvalue weighted by Gasteiger charge is 1.97.